The molecule has 6 heteroatoms. The Balaban J connectivity index is 1.61. The molecule has 1 aliphatic carbocycles. The van der Waals surface area contributed by atoms with Crippen molar-refractivity contribution < 1.29 is 13.9 Å². The normalized spacial score (nSPS) is 24.5. The van der Waals surface area contributed by atoms with Gasteiger partial charge in [0, 0.05) is 6.54 Å². The highest BCUT2D eigenvalue weighted by Gasteiger charge is 2.38. The number of thiophene rings is 1. The molecule has 0 aromatic carbocycles. The summed E-state index contributed by atoms with van der Waals surface area (Å²) in [6.07, 6.45) is 4.60. The molecule has 0 bridgehead atoms. The molecule has 1 aliphatic heterocycles. The second kappa shape index (κ2) is 6.09. The maximum atomic E-state index is 13.0. The van der Waals surface area contributed by atoms with Gasteiger partial charge in [-0.3, -0.25) is 4.79 Å². The SMILES string of the molecule is Cc1oc(-c2cccs2)nc1C(=O)N1CCO[C@H]2CCCC[C@H]21. The van der Waals surface area contributed by atoms with Gasteiger partial charge in [-0.1, -0.05) is 18.9 Å². The molecule has 122 valence electrons. The van der Waals surface area contributed by atoms with Crippen LogP contribution in [0.2, 0.25) is 0 Å². The van der Waals surface area contributed by atoms with Crippen molar-refractivity contribution in [2.45, 2.75) is 44.8 Å². The van der Waals surface area contributed by atoms with E-state index in [1.165, 1.54) is 6.42 Å². The zero-order valence-electron chi connectivity index (χ0n) is 13.2. The van der Waals surface area contributed by atoms with Crippen LogP contribution >= 0.6 is 11.3 Å². The lowest BCUT2D eigenvalue weighted by Crippen LogP contribution is -2.55. The molecular formula is C17H20N2O3S. The van der Waals surface area contributed by atoms with Crippen LogP contribution in [0.4, 0.5) is 0 Å². The van der Waals surface area contributed by atoms with E-state index in [-0.39, 0.29) is 18.1 Å². The molecule has 0 spiro atoms. The number of amides is 1. The van der Waals surface area contributed by atoms with Crippen LogP contribution < -0.4 is 0 Å². The van der Waals surface area contributed by atoms with Crippen molar-refractivity contribution in [3.63, 3.8) is 0 Å². The van der Waals surface area contributed by atoms with Crippen molar-refractivity contribution in [2.24, 2.45) is 0 Å². The molecule has 5 nitrogen and oxygen atoms in total. The summed E-state index contributed by atoms with van der Waals surface area (Å²) in [5.41, 5.74) is 0.444. The fraction of sp³-hybridized carbons (Fsp3) is 0.529. The molecule has 2 aromatic rings. The summed E-state index contributed by atoms with van der Waals surface area (Å²) in [5.74, 6) is 1.11. The number of ether oxygens (including phenoxy) is 1. The Morgan fingerprint density at radius 1 is 1.39 bits per heavy atom. The second-order valence-corrected chi connectivity index (χ2v) is 7.11. The topological polar surface area (TPSA) is 55.6 Å². The molecule has 0 unspecified atom stereocenters. The van der Waals surface area contributed by atoms with E-state index in [0.717, 1.165) is 24.1 Å². The maximum Gasteiger partial charge on any atom is 0.276 e. The quantitative estimate of drug-likeness (QED) is 0.845. The number of carbonyl (C=O) groups excluding carboxylic acids is 1. The van der Waals surface area contributed by atoms with Gasteiger partial charge in [0.2, 0.25) is 5.89 Å². The molecule has 0 radical (unpaired) electrons. The number of aryl methyl sites for hydroxylation is 1. The van der Waals surface area contributed by atoms with Crippen LogP contribution in [0.25, 0.3) is 10.8 Å². The minimum atomic E-state index is -0.0192. The molecule has 3 heterocycles. The Kier molecular flexibility index (Phi) is 3.95. The third kappa shape index (κ3) is 2.70. The molecule has 1 saturated carbocycles. The van der Waals surface area contributed by atoms with E-state index in [1.807, 2.05) is 29.3 Å². The van der Waals surface area contributed by atoms with Gasteiger partial charge >= 0.3 is 0 Å². The number of hydrogen-bond acceptors (Lipinski definition) is 5. The summed E-state index contributed by atoms with van der Waals surface area (Å²) < 4.78 is 11.6. The molecule has 2 aliphatic rings. The Morgan fingerprint density at radius 2 is 2.26 bits per heavy atom. The van der Waals surface area contributed by atoms with Gasteiger partial charge in [0.1, 0.15) is 5.76 Å². The summed E-state index contributed by atoms with van der Waals surface area (Å²) in [6, 6.07) is 4.09. The Morgan fingerprint density at radius 3 is 3.09 bits per heavy atom. The number of oxazole rings is 1. The molecule has 2 atom stereocenters. The van der Waals surface area contributed by atoms with Crippen LogP contribution in [0, 0.1) is 6.92 Å². The van der Waals surface area contributed by atoms with Crippen molar-refractivity contribution >= 4 is 17.2 Å². The first kappa shape index (κ1) is 14.9. The molecule has 0 N–H and O–H groups in total. The van der Waals surface area contributed by atoms with Crippen LogP contribution in [-0.4, -0.2) is 41.1 Å². The summed E-state index contributed by atoms with van der Waals surface area (Å²) >= 11 is 1.56. The first-order valence-corrected chi connectivity index (χ1v) is 9.06. The first-order chi connectivity index (χ1) is 11.2. The first-order valence-electron chi connectivity index (χ1n) is 8.18. The molecule has 2 fully saturated rings. The molecular weight excluding hydrogens is 312 g/mol. The van der Waals surface area contributed by atoms with Crippen LogP contribution in [0.1, 0.15) is 41.9 Å². The van der Waals surface area contributed by atoms with Gasteiger partial charge in [-0.25, -0.2) is 4.98 Å². The van der Waals surface area contributed by atoms with Gasteiger partial charge in [0.25, 0.3) is 5.91 Å². The fourth-order valence-electron chi connectivity index (χ4n) is 3.59. The van der Waals surface area contributed by atoms with Crippen molar-refractivity contribution in [3.8, 4) is 10.8 Å². The number of carbonyl (C=O) groups is 1. The predicted molar refractivity (Wildman–Crippen MR) is 87.6 cm³/mol. The minimum Gasteiger partial charge on any atom is -0.440 e. The van der Waals surface area contributed by atoms with Gasteiger partial charge < -0.3 is 14.1 Å². The van der Waals surface area contributed by atoms with Crippen LogP contribution in [0.15, 0.2) is 21.9 Å². The largest absolute Gasteiger partial charge is 0.440 e. The monoisotopic (exact) mass is 332 g/mol. The Hall–Kier alpha value is -1.66. The van der Waals surface area contributed by atoms with Gasteiger partial charge in [-0.2, -0.15) is 0 Å². The molecule has 2 aromatic heterocycles. The van der Waals surface area contributed by atoms with Crippen molar-refractivity contribution in [2.75, 3.05) is 13.2 Å². The standard InChI is InChI=1S/C17H20N2O3S/c1-11-15(18-16(22-11)14-7-4-10-23-14)17(20)19-8-9-21-13-6-3-2-5-12(13)19/h4,7,10,12-13H,2-3,5-6,8-9H2,1H3/t12-,13+/m1/s1. The lowest BCUT2D eigenvalue weighted by molar-refractivity contribution is -0.0754. The van der Waals surface area contributed by atoms with E-state index in [9.17, 15) is 4.79 Å². The maximum absolute atomic E-state index is 13.0. The van der Waals surface area contributed by atoms with E-state index in [4.69, 9.17) is 9.15 Å². The van der Waals surface area contributed by atoms with E-state index in [1.54, 1.807) is 11.3 Å². The van der Waals surface area contributed by atoms with E-state index in [0.29, 0.717) is 30.5 Å². The van der Waals surface area contributed by atoms with Crippen LogP contribution in [-0.2, 0) is 4.74 Å². The van der Waals surface area contributed by atoms with Crippen molar-refractivity contribution in [3.05, 3.63) is 29.0 Å². The third-order valence-corrected chi connectivity index (χ3v) is 5.58. The number of fused-ring (bicyclic) bond motifs is 1. The molecule has 4 rings (SSSR count). The highest BCUT2D eigenvalue weighted by molar-refractivity contribution is 7.13. The van der Waals surface area contributed by atoms with E-state index in [2.05, 4.69) is 4.98 Å². The summed E-state index contributed by atoms with van der Waals surface area (Å²) in [6.45, 7) is 3.07. The molecule has 1 saturated heterocycles. The number of morpholine rings is 1. The lowest BCUT2D eigenvalue weighted by Gasteiger charge is -2.43. The zero-order valence-corrected chi connectivity index (χ0v) is 14.0. The van der Waals surface area contributed by atoms with Crippen LogP contribution in [0.5, 0.6) is 0 Å². The minimum absolute atomic E-state index is 0.0192. The van der Waals surface area contributed by atoms with Gasteiger partial charge in [0.05, 0.1) is 23.6 Å². The van der Waals surface area contributed by atoms with Crippen LogP contribution in [0.3, 0.4) is 0 Å². The molecule has 1 amide bonds. The highest BCUT2D eigenvalue weighted by atomic mass is 32.1. The van der Waals surface area contributed by atoms with Gasteiger partial charge in [-0.15, -0.1) is 11.3 Å². The third-order valence-electron chi connectivity index (χ3n) is 4.72. The predicted octanol–water partition coefficient (Wildman–Crippen LogP) is 3.50. The van der Waals surface area contributed by atoms with E-state index < -0.39 is 0 Å². The van der Waals surface area contributed by atoms with Crippen molar-refractivity contribution in [1.82, 2.24) is 9.88 Å². The fourth-order valence-corrected chi connectivity index (χ4v) is 4.23. The second-order valence-electron chi connectivity index (χ2n) is 6.16. The van der Waals surface area contributed by atoms with Crippen molar-refractivity contribution in [1.29, 1.82) is 0 Å². The zero-order chi connectivity index (χ0) is 15.8. The highest BCUT2D eigenvalue weighted by Crippen LogP contribution is 2.31. The van der Waals surface area contributed by atoms with Gasteiger partial charge in [-0.05, 0) is 31.2 Å². The molecule has 23 heavy (non-hydrogen) atoms. The number of nitrogens with zero attached hydrogens (tertiary/aromatic N) is 2. The number of hydrogen-bond donors (Lipinski definition) is 0. The lowest BCUT2D eigenvalue weighted by atomic mass is 9.90. The van der Waals surface area contributed by atoms with E-state index >= 15 is 0 Å². The van der Waals surface area contributed by atoms with Gasteiger partial charge in [0.15, 0.2) is 5.69 Å². The summed E-state index contributed by atoms with van der Waals surface area (Å²) in [4.78, 5) is 20.4. The summed E-state index contributed by atoms with van der Waals surface area (Å²) in [7, 11) is 0. The summed E-state index contributed by atoms with van der Waals surface area (Å²) in [5, 5.41) is 1.98. The number of rotatable bonds is 2. The smallest absolute Gasteiger partial charge is 0.276 e. The number of aromatic nitrogens is 1. The Labute approximate surface area is 139 Å². The Bertz CT molecular complexity index is 693. The average Bonchev–Trinajstić information content (AvgIpc) is 3.23. The average molecular weight is 332 g/mol.